The summed E-state index contributed by atoms with van der Waals surface area (Å²) >= 11 is 0. The van der Waals surface area contributed by atoms with Crippen molar-refractivity contribution in [3.05, 3.63) is 0 Å². The third kappa shape index (κ3) is 2.16. The smallest absolute Gasteiger partial charge is 0.152 e. The average molecular weight is 286 g/mol. The SMILES string of the molecule is CC(C)S(=O)(=O)CCC[C@@]12CC[C@@H](CC1=O)C2(C)C. The predicted octanol–water partition coefficient (Wildman–Crippen LogP) is 2.99. The molecule has 0 unspecified atom stereocenters. The van der Waals surface area contributed by atoms with Gasteiger partial charge in [-0.25, -0.2) is 8.42 Å². The summed E-state index contributed by atoms with van der Waals surface area (Å²) in [5.41, 5.74) is -0.171. The molecule has 2 atom stereocenters. The largest absolute Gasteiger partial charge is 0.299 e. The fraction of sp³-hybridized carbons (Fsp3) is 0.933. The number of hydrogen-bond acceptors (Lipinski definition) is 3. The molecular formula is C15H26O3S. The van der Waals surface area contributed by atoms with E-state index in [-0.39, 0.29) is 21.8 Å². The van der Waals surface area contributed by atoms with Crippen LogP contribution in [0.5, 0.6) is 0 Å². The number of Topliss-reactive ketones (excluding diaryl/α,β-unsaturated/α-hetero) is 1. The van der Waals surface area contributed by atoms with Crippen molar-refractivity contribution in [2.75, 3.05) is 5.75 Å². The van der Waals surface area contributed by atoms with Gasteiger partial charge in [0.05, 0.1) is 11.0 Å². The van der Waals surface area contributed by atoms with Crippen LogP contribution in [0.3, 0.4) is 0 Å². The molecule has 19 heavy (non-hydrogen) atoms. The van der Waals surface area contributed by atoms with Crippen molar-refractivity contribution in [3.8, 4) is 0 Å². The summed E-state index contributed by atoms with van der Waals surface area (Å²) < 4.78 is 23.7. The zero-order chi connectivity index (χ0) is 14.5. The van der Waals surface area contributed by atoms with Crippen LogP contribution < -0.4 is 0 Å². The molecule has 4 heteroatoms. The van der Waals surface area contributed by atoms with Gasteiger partial charge in [0, 0.05) is 11.8 Å². The van der Waals surface area contributed by atoms with E-state index in [9.17, 15) is 13.2 Å². The lowest BCUT2D eigenvalue weighted by Crippen LogP contribution is -2.36. The van der Waals surface area contributed by atoms with Crippen LogP contribution in [-0.2, 0) is 14.6 Å². The van der Waals surface area contributed by atoms with Crippen molar-refractivity contribution < 1.29 is 13.2 Å². The summed E-state index contributed by atoms with van der Waals surface area (Å²) in [5, 5.41) is -0.311. The Bertz CT molecular complexity index is 476. The summed E-state index contributed by atoms with van der Waals surface area (Å²) in [6, 6.07) is 0. The minimum absolute atomic E-state index is 0.0612. The maximum atomic E-state index is 12.3. The molecule has 0 aromatic heterocycles. The molecule has 0 radical (unpaired) electrons. The monoisotopic (exact) mass is 286 g/mol. The molecule has 0 aromatic rings. The molecule has 110 valence electrons. The molecule has 0 spiro atoms. The fourth-order valence-electron chi connectivity index (χ4n) is 4.17. The van der Waals surface area contributed by atoms with Crippen molar-refractivity contribution in [1.29, 1.82) is 0 Å². The molecule has 2 rings (SSSR count). The zero-order valence-electron chi connectivity index (χ0n) is 12.5. The Hall–Kier alpha value is -0.380. The number of sulfone groups is 1. The van der Waals surface area contributed by atoms with Gasteiger partial charge in [-0.1, -0.05) is 13.8 Å². The molecule has 2 aliphatic rings. The minimum atomic E-state index is -2.98. The van der Waals surface area contributed by atoms with Gasteiger partial charge in [0.1, 0.15) is 5.78 Å². The van der Waals surface area contributed by atoms with Crippen LogP contribution >= 0.6 is 0 Å². The van der Waals surface area contributed by atoms with Crippen LogP contribution in [0.2, 0.25) is 0 Å². The lowest BCUT2D eigenvalue weighted by atomic mass is 9.66. The molecular weight excluding hydrogens is 260 g/mol. The second-order valence-corrected chi connectivity index (χ2v) is 9.86. The molecule has 2 aliphatic carbocycles. The topological polar surface area (TPSA) is 51.2 Å². The van der Waals surface area contributed by atoms with Gasteiger partial charge < -0.3 is 0 Å². The number of ketones is 1. The molecule has 0 aromatic carbocycles. The van der Waals surface area contributed by atoms with Crippen LogP contribution in [0.4, 0.5) is 0 Å². The first-order valence-electron chi connectivity index (χ1n) is 7.38. The van der Waals surface area contributed by atoms with Crippen molar-refractivity contribution in [3.63, 3.8) is 0 Å². The van der Waals surface area contributed by atoms with Crippen LogP contribution in [0.15, 0.2) is 0 Å². The molecule has 0 saturated heterocycles. The van der Waals surface area contributed by atoms with Crippen LogP contribution in [-0.4, -0.2) is 25.2 Å². The number of carbonyl (C=O) groups is 1. The van der Waals surface area contributed by atoms with Crippen molar-refractivity contribution in [2.24, 2.45) is 16.7 Å². The summed E-state index contributed by atoms with van der Waals surface area (Å²) in [5.74, 6) is 1.12. The molecule has 0 heterocycles. The Morgan fingerprint density at radius 2 is 1.95 bits per heavy atom. The minimum Gasteiger partial charge on any atom is -0.299 e. The van der Waals surface area contributed by atoms with Crippen molar-refractivity contribution >= 4 is 15.6 Å². The lowest BCUT2D eigenvalue weighted by molar-refractivity contribution is -0.129. The first-order valence-corrected chi connectivity index (χ1v) is 9.10. The van der Waals surface area contributed by atoms with Crippen LogP contribution in [0, 0.1) is 16.7 Å². The molecule has 3 nitrogen and oxygen atoms in total. The quantitative estimate of drug-likeness (QED) is 0.780. The standard InChI is InChI=1S/C15H26O3S/c1-11(2)19(17,18)9-5-7-15-8-6-12(10-13(15)16)14(15,3)4/h11-12H,5-10H2,1-4H3/t12-,15+/m0/s1. The van der Waals surface area contributed by atoms with E-state index in [1.165, 1.54) is 0 Å². The Labute approximate surface area is 117 Å². The van der Waals surface area contributed by atoms with E-state index in [4.69, 9.17) is 0 Å². The van der Waals surface area contributed by atoms with Crippen LogP contribution in [0.25, 0.3) is 0 Å². The summed E-state index contributed by atoms with van der Waals surface area (Å²) in [6.45, 7) is 7.85. The third-order valence-electron chi connectivity index (χ3n) is 5.89. The maximum Gasteiger partial charge on any atom is 0.152 e. The third-order valence-corrected chi connectivity index (χ3v) is 8.18. The normalized spacial score (nSPS) is 33.3. The Kier molecular flexibility index (Phi) is 3.62. The second kappa shape index (κ2) is 4.57. The Balaban J connectivity index is 2.05. The highest BCUT2D eigenvalue weighted by Crippen LogP contribution is 2.65. The summed E-state index contributed by atoms with van der Waals surface area (Å²) in [6.07, 6.45) is 4.19. The van der Waals surface area contributed by atoms with E-state index in [0.717, 1.165) is 19.3 Å². The first-order chi connectivity index (χ1) is 8.63. The first kappa shape index (κ1) is 15.0. The molecule has 2 fully saturated rings. The van der Waals surface area contributed by atoms with E-state index < -0.39 is 9.84 Å². The summed E-state index contributed by atoms with van der Waals surface area (Å²) in [7, 11) is -2.98. The number of fused-ring (bicyclic) bond motifs is 2. The van der Waals surface area contributed by atoms with Gasteiger partial charge in [-0.05, 0) is 50.9 Å². The molecule has 2 saturated carbocycles. The predicted molar refractivity (Wildman–Crippen MR) is 76.7 cm³/mol. The van der Waals surface area contributed by atoms with E-state index >= 15 is 0 Å². The van der Waals surface area contributed by atoms with Gasteiger partial charge in [0.2, 0.25) is 0 Å². The van der Waals surface area contributed by atoms with Gasteiger partial charge in [-0.3, -0.25) is 4.79 Å². The van der Waals surface area contributed by atoms with Gasteiger partial charge in [-0.15, -0.1) is 0 Å². The highest BCUT2D eigenvalue weighted by Gasteiger charge is 2.63. The molecule has 0 amide bonds. The van der Waals surface area contributed by atoms with Crippen molar-refractivity contribution in [1.82, 2.24) is 0 Å². The van der Waals surface area contributed by atoms with E-state index in [1.807, 2.05) is 0 Å². The number of rotatable bonds is 5. The molecule has 2 bridgehead atoms. The van der Waals surface area contributed by atoms with Gasteiger partial charge in [0.15, 0.2) is 9.84 Å². The fourth-order valence-corrected chi connectivity index (χ4v) is 5.19. The van der Waals surface area contributed by atoms with E-state index in [1.54, 1.807) is 13.8 Å². The van der Waals surface area contributed by atoms with Gasteiger partial charge in [-0.2, -0.15) is 0 Å². The molecule has 0 N–H and O–H groups in total. The Morgan fingerprint density at radius 3 is 2.37 bits per heavy atom. The maximum absolute atomic E-state index is 12.3. The number of hydrogen-bond donors (Lipinski definition) is 0. The van der Waals surface area contributed by atoms with Crippen LogP contribution in [0.1, 0.15) is 59.8 Å². The molecule has 0 aliphatic heterocycles. The van der Waals surface area contributed by atoms with Gasteiger partial charge >= 0.3 is 0 Å². The number of carbonyl (C=O) groups excluding carboxylic acids is 1. The van der Waals surface area contributed by atoms with Crippen molar-refractivity contribution in [2.45, 2.75) is 65.0 Å². The average Bonchev–Trinajstić information content (AvgIpc) is 2.62. The van der Waals surface area contributed by atoms with Gasteiger partial charge in [0.25, 0.3) is 0 Å². The second-order valence-electron chi connectivity index (χ2n) is 7.19. The summed E-state index contributed by atoms with van der Waals surface area (Å²) in [4.78, 5) is 12.3. The Morgan fingerprint density at radius 1 is 1.32 bits per heavy atom. The lowest BCUT2D eigenvalue weighted by Gasteiger charge is -2.36. The van der Waals surface area contributed by atoms with E-state index in [0.29, 0.717) is 24.5 Å². The highest BCUT2D eigenvalue weighted by molar-refractivity contribution is 7.91. The highest BCUT2D eigenvalue weighted by atomic mass is 32.2. The zero-order valence-corrected chi connectivity index (χ0v) is 13.3. The van der Waals surface area contributed by atoms with E-state index in [2.05, 4.69) is 13.8 Å².